The Morgan fingerprint density at radius 3 is 2.46 bits per heavy atom. The van der Waals surface area contributed by atoms with Crippen LogP contribution >= 0.6 is 0 Å². The molecule has 0 spiro atoms. The standard InChI is InChI=1S/C29H28N6O2/c1-19(16-17-20-10-4-3-5-11-20)32-29(36)25-26-28(34-23-14-8-7-13-22(23)33-26)35(27(25)30)31-18-21-12-6-9-15-24(21)37-2/h3-15,18-19H,16-17,30H2,1-2H3,(H,32,36)/b31-18-/t19-/m1/s1. The Kier molecular flexibility index (Phi) is 6.81. The van der Waals surface area contributed by atoms with Gasteiger partial charge in [-0.2, -0.15) is 9.78 Å². The molecule has 3 aromatic carbocycles. The Labute approximate surface area is 214 Å². The highest BCUT2D eigenvalue weighted by atomic mass is 16.5. The van der Waals surface area contributed by atoms with Crippen molar-refractivity contribution in [1.82, 2.24) is 20.0 Å². The maximum absolute atomic E-state index is 13.5. The first-order valence-electron chi connectivity index (χ1n) is 12.1. The summed E-state index contributed by atoms with van der Waals surface area (Å²) in [6, 6.07) is 25.1. The molecule has 37 heavy (non-hydrogen) atoms. The lowest BCUT2D eigenvalue weighted by Crippen LogP contribution is -2.33. The number of aryl methyl sites for hydroxylation is 1. The molecule has 2 heterocycles. The van der Waals surface area contributed by atoms with Crippen LogP contribution in [-0.2, 0) is 6.42 Å². The molecule has 0 fully saturated rings. The molecule has 3 N–H and O–H groups in total. The average molecular weight is 493 g/mol. The van der Waals surface area contributed by atoms with Gasteiger partial charge in [-0.15, -0.1) is 0 Å². The number of nitrogens with two attached hydrogens (primary N) is 1. The Balaban J connectivity index is 1.51. The van der Waals surface area contributed by atoms with Gasteiger partial charge in [0.1, 0.15) is 22.6 Å². The number of para-hydroxylation sites is 3. The van der Waals surface area contributed by atoms with E-state index in [0.29, 0.717) is 27.9 Å². The van der Waals surface area contributed by atoms with Crippen molar-refractivity contribution in [1.29, 1.82) is 0 Å². The second-order valence-electron chi connectivity index (χ2n) is 8.84. The molecule has 0 bridgehead atoms. The summed E-state index contributed by atoms with van der Waals surface area (Å²) in [4.78, 5) is 23.0. The van der Waals surface area contributed by atoms with Crippen molar-refractivity contribution < 1.29 is 9.53 Å². The van der Waals surface area contributed by atoms with Crippen LogP contribution in [0.2, 0.25) is 0 Å². The second-order valence-corrected chi connectivity index (χ2v) is 8.84. The first-order valence-corrected chi connectivity index (χ1v) is 12.1. The van der Waals surface area contributed by atoms with Crippen LogP contribution in [0.25, 0.3) is 22.2 Å². The van der Waals surface area contributed by atoms with E-state index in [1.54, 1.807) is 13.3 Å². The van der Waals surface area contributed by atoms with Crippen LogP contribution in [0.1, 0.15) is 34.8 Å². The molecular formula is C29H28N6O2. The van der Waals surface area contributed by atoms with E-state index in [1.807, 2.05) is 73.7 Å². The number of rotatable bonds is 8. The Morgan fingerprint density at radius 2 is 1.70 bits per heavy atom. The number of amides is 1. The van der Waals surface area contributed by atoms with Crippen LogP contribution in [0.3, 0.4) is 0 Å². The molecular weight excluding hydrogens is 464 g/mol. The number of nitrogens with one attached hydrogen (secondary N) is 1. The molecule has 186 valence electrons. The fraction of sp³-hybridized carbons (Fsp3) is 0.172. The predicted octanol–water partition coefficient (Wildman–Crippen LogP) is 4.81. The lowest BCUT2D eigenvalue weighted by molar-refractivity contribution is 0.0940. The van der Waals surface area contributed by atoms with E-state index in [9.17, 15) is 4.79 Å². The van der Waals surface area contributed by atoms with Gasteiger partial charge in [-0.3, -0.25) is 4.79 Å². The van der Waals surface area contributed by atoms with E-state index in [4.69, 9.17) is 20.4 Å². The largest absolute Gasteiger partial charge is 0.496 e. The summed E-state index contributed by atoms with van der Waals surface area (Å²) in [5.74, 6) is 0.533. The molecule has 2 aromatic heterocycles. The SMILES string of the molecule is COc1ccccc1/C=N\n1c(N)c(C(=O)N[C@H](C)CCc2ccccc2)c2nc3ccccc3nc21. The van der Waals surface area contributed by atoms with Gasteiger partial charge in [-0.25, -0.2) is 9.97 Å². The molecule has 0 saturated heterocycles. The van der Waals surface area contributed by atoms with Gasteiger partial charge in [-0.1, -0.05) is 54.6 Å². The second kappa shape index (κ2) is 10.5. The maximum Gasteiger partial charge on any atom is 0.257 e. The predicted molar refractivity (Wildman–Crippen MR) is 147 cm³/mol. The minimum Gasteiger partial charge on any atom is -0.496 e. The van der Waals surface area contributed by atoms with Crippen molar-refractivity contribution >= 4 is 40.1 Å². The summed E-state index contributed by atoms with van der Waals surface area (Å²) in [7, 11) is 1.60. The summed E-state index contributed by atoms with van der Waals surface area (Å²) in [6.07, 6.45) is 3.28. The lowest BCUT2D eigenvalue weighted by atomic mass is 10.1. The van der Waals surface area contributed by atoms with Crippen LogP contribution < -0.4 is 15.8 Å². The summed E-state index contributed by atoms with van der Waals surface area (Å²) in [6.45, 7) is 1.98. The maximum atomic E-state index is 13.5. The summed E-state index contributed by atoms with van der Waals surface area (Å²) in [5.41, 5.74) is 11.0. The Bertz CT molecular complexity index is 1590. The Hall–Kier alpha value is -4.72. The highest BCUT2D eigenvalue weighted by molar-refractivity contribution is 6.10. The number of ether oxygens (including phenoxy) is 1. The lowest BCUT2D eigenvalue weighted by Gasteiger charge is -2.14. The van der Waals surface area contributed by atoms with Crippen molar-refractivity contribution in [2.24, 2.45) is 5.10 Å². The zero-order chi connectivity index (χ0) is 25.8. The number of aromatic nitrogens is 3. The topological polar surface area (TPSA) is 107 Å². The van der Waals surface area contributed by atoms with E-state index >= 15 is 0 Å². The third-order valence-electron chi connectivity index (χ3n) is 6.24. The Morgan fingerprint density at radius 1 is 1.03 bits per heavy atom. The fourth-order valence-electron chi connectivity index (χ4n) is 4.28. The van der Waals surface area contributed by atoms with Crippen molar-refractivity contribution in [2.75, 3.05) is 12.8 Å². The molecule has 0 aliphatic rings. The highest BCUT2D eigenvalue weighted by Crippen LogP contribution is 2.28. The number of anilines is 1. The van der Waals surface area contributed by atoms with Crippen molar-refractivity contribution in [3.05, 3.63) is 95.6 Å². The third kappa shape index (κ3) is 4.99. The minimum absolute atomic E-state index is 0.0731. The number of nitrogen functional groups attached to an aromatic ring is 1. The van der Waals surface area contributed by atoms with Crippen molar-refractivity contribution in [3.8, 4) is 5.75 Å². The number of methoxy groups -OCH3 is 1. The summed E-state index contributed by atoms with van der Waals surface area (Å²) >= 11 is 0. The van der Waals surface area contributed by atoms with Gasteiger partial charge in [0.25, 0.3) is 5.91 Å². The quantitative estimate of drug-likeness (QED) is 0.302. The van der Waals surface area contributed by atoms with E-state index in [2.05, 4.69) is 22.6 Å². The van der Waals surface area contributed by atoms with E-state index in [-0.39, 0.29) is 23.3 Å². The van der Waals surface area contributed by atoms with Gasteiger partial charge in [0.15, 0.2) is 5.65 Å². The zero-order valence-corrected chi connectivity index (χ0v) is 20.8. The van der Waals surface area contributed by atoms with Gasteiger partial charge >= 0.3 is 0 Å². The van der Waals surface area contributed by atoms with Gasteiger partial charge < -0.3 is 15.8 Å². The number of carbonyl (C=O) groups excluding carboxylic acids is 1. The first kappa shape index (κ1) is 24.0. The van der Waals surface area contributed by atoms with Gasteiger partial charge in [0.2, 0.25) is 0 Å². The molecule has 1 atom stereocenters. The normalized spacial score (nSPS) is 12.3. The number of hydrogen-bond acceptors (Lipinski definition) is 6. The van der Waals surface area contributed by atoms with Gasteiger partial charge in [0.05, 0.1) is 24.4 Å². The van der Waals surface area contributed by atoms with Crippen LogP contribution in [0.4, 0.5) is 5.82 Å². The van der Waals surface area contributed by atoms with Crippen molar-refractivity contribution in [2.45, 2.75) is 25.8 Å². The van der Waals surface area contributed by atoms with Gasteiger partial charge in [0, 0.05) is 11.6 Å². The molecule has 8 nitrogen and oxygen atoms in total. The summed E-state index contributed by atoms with van der Waals surface area (Å²) < 4.78 is 6.89. The van der Waals surface area contributed by atoms with Crippen LogP contribution in [-0.4, -0.2) is 39.9 Å². The van der Waals surface area contributed by atoms with Crippen molar-refractivity contribution in [3.63, 3.8) is 0 Å². The van der Waals surface area contributed by atoms with E-state index < -0.39 is 0 Å². The molecule has 1 amide bonds. The average Bonchev–Trinajstić information content (AvgIpc) is 3.19. The number of hydrogen-bond donors (Lipinski definition) is 2. The van der Waals surface area contributed by atoms with Gasteiger partial charge in [-0.05, 0) is 49.6 Å². The van der Waals surface area contributed by atoms with Crippen LogP contribution in [0.5, 0.6) is 5.75 Å². The molecule has 8 heteroatoms. The number of carbonyl (C=O) groups is 1. The summed E-state index contributed by atoms with van der Waals surface area (Å²) in [5, 5.41) is 7.66. The highest BCUT2D eigenvalue weighted by Gasteiger charge is 2.25. The monoisotopic (exact) mass is 492 g/mol. The van der Waals surface area contributed by atoms with Crippen LogP contribution in [0, 0.1) is 0 Å². The molecule has 5 rings (SSSR count). The number of fused-ring (bicyclic) bond motifs is 2. The smallest absolute Gasteiger partial charge is 0.257 e. The molecule has 0 saturated carbocycles. The molecule has 5 aromatic rings. The fourth-order valence-corrected chi connectivity index (χ4v) is 4.28. The first-order chi connectivity index (χ1) is 18.0. The molecule has 0 aliphatic carbocycles. The zero-order valence-electron chi connectivity index (χ0n) is 20.8. The third-order valence-corrected chi connectivity index (χ3v) is 6.24. The molecule has 0 radical (unpaired) electrons. The number of benzene rings is 3. The van der Waals surface area contributed by atoms with E-state index in [0.717, 1.165) is 18.4 Å². The van der Waals surface area contributed by atoms with Crippen LogP contribution in [0.15, 0.2) is 84.0 Å². The molecule has 0 unspecified atom stereocenters. The number of nitrogens with zero attached hydrogens (tertiary/aromatic N) is 4. The minimum atomic E-state index is -0.307. The van der Waals surface area contributed by atoms with E-state index in [1.165, 1.54) is 10.2 Å². The molecule has 0 aliphatic heterocycles.